The van der Waals surface area contributed by atoms with Crippen LogP contribution in [0, 0.1) is 0 Å². The number of hydrogen-bond donors (Lipinski definition) is 2. The number of carbonyl (C=O) groups excluding carboxylic acids is 2. The van der Waals surface area contributed by atoms with Gasteiger partial charge in [-0.15, -0.1) is 0 Å². The fourth-order valence-corrected chi connectivity index (χ4v) is 2.57. The molecule has 0 aliphatic rings. The first-order chi connectivity index (χ1) is 14.1. The van der Waals surface area contributed by atoms with Gasteiger partial charge in [-0.25, -0.2) is 9.78 Å². The van der Waals surface area contributed by atoms with E-state index in [-0.39, 0.29) is 11.9 Å². The lowest BCUT2D eigenvalue weighted by molar-refractivity contribution is 0.0526. The molecule has 7 heteroatoms. The van der Waals surface area contributed by atoms with Crippen LogP contribution < -0.4 is 15.4 Å². The second kappa shape index (κ2) is 9.36. The molecular formula is C22H21N3O4. The SMILES string of the molecule is CCOC(=O)c1ccc(Nc2cc(C(=O)Nc3ccc(OC)cc3)ccn2)cc1. The third-order valence-electron chi connectivity index (χ3n) is 4.04. The van der Waals surface area contributed by atoms with Gasteiger partial charge in [-0.2, -0.15) is 0 Å². The molecule has 1 aromatic heterocycles. The normalized spacial score (nSPS) is 10.1. The van der Waals surface area contributed by atoms with Crippen LogP contribution in [0.1, 0.15) is 27.6 Å². The van der Waals surface area contributed by atoms with Crippen molar-refractivity contribution in [3.8, 4) is 5.75 Å². The Kier molecular flexibility index (Phi) is 6.42. The Balaban J connectivity index is 1.67. The van der Waals surface area contributed by atoms with Gasteiger partial charge in [0.2, 0.25) is 0 Å². The van der Waals surface area contributed by atoms with Crippen LogP contribution in [-0.4, -0.2) is 30.6 Å². The van der Waals surface area contributed by atoms with E-state index in [2.05, 4.69) is 15.6 Å². The maximum Gasteiger partial charge on any atom is 0.338 e. The minimum Gasteiger partial charge on any atom is -0.497 e. The number of pyridine rings is 1. The lowest BCUT2D eigenvalue weighted by Gasteiger charge is -2.09. The number of carbonyl (C=O) groups is 2. The van der Waals surface area contributed by atoms with Gasteiger partial charge in [0.1, 0.15) is 11.6 Å². The van der Waals surface area contributed by atoms with Crippen molar-refractivity contribution in [1.82, 2.24) is 4.98 Å². The monoisotopic (exact) mass is 391 g/mol. The summed E-state index contributed by atoms with van der Waals surface area (Å²) in [6.45, 7) is 2.09. The van der Waals surface area contributed by atoms with Gasteiger partial charge in [0, 0.05) is 23.1 Å². The van der Waals surface area contributed by atoms with E-state index in [4.69, 9.17) is 9.47 Å². The van der Waals surface area contributed by atoms with Crippen LogP contribution >= 0.6 is 0 Å². The molecule has 0 unspecified atom stereocenters. The summed E-state index contributed by atoms with van der Waals surface area (Å²) < 4.78 is 10.1. The van der Waals surface area contributed by atoms with Crippen LogP contribution in [0.2, 0.25) is 0 Å². The van der Waals surface area contributed by atoms with E-state index in [1.807, 2.05) is 0 Å². The minimum absolute atomic E-state index is 0.252. The Morgan fingerprint density at radius 1 is 0.931 bits per heavy atom. The number of esters is 1. The van der Waals surface area contributed by atoms with Crippen molar-refractivity contribution in [2.45, 2.75) is 6.92 Å². The first kappa shape index (κ1) is 19.9. The quantitative estimate of drug-likeness (QED) is 0.585. The molecule has 0 radical (unpaired) electrons. The molecule has 0 bridgehead atoms. The van der Waals surface area contributed by atoms with E-state index in [1.165, 1.54) is 0 Å². The summed E-state index contributed by atoms with van der Waals surface area (Å²) in [5, 5.41) is 5.95. The van der Waals surface area contributed by atoms with E-state index in [0.29, 0.717) is 35.0 Å². The number of hydrogen-bond acceptors (Lipinski definition) is 6. The van der Waals surface area contributed by atoms with E-state index in [1.54, 1.807) is 80.9 Å². The fourth-order valence-electron chi connectivity index (χ4n) is 2.57. The molecule has 0 saturated carbocycles. The lowest BCUT2D eigenvalue weighted by Crippen LogP contribution is -2.12. The predicted octanol–water partition coefficient (Wildman–Crippen LogP) is 4.26. The van der Waals surface area contributed by atoms with Crippen molar-refractivity contribution in [2.75, 3.05) is 24.4 Å². The van der Waals surface area contributed by atoms with Crippen molar-refractivity contribution in [3.05, 3.63) is 78.0 Å². The number of benzene rings is 2. The summed E-state index contributed by atoms with van der Waals surface area (Å²) >= 11 is 0. The highest BCUT2D eigenvalue weighted by Crippen LogP contribution is 2.19. The summed E-state index contributed by atoms with van der Waals surface area (Å²) in [6.07, 6.45) is 1.55. The molecule has 0 spiro atoms. The number of methoxy groups -OCH3 is 1. The molecule has 7 nitrogen and oxygen atoms in total. The van der Waals surface area contributed by atoms with Crippen LogP contribution in [0.4, 0.5) is 17.2 Å². The van der Waals surface area contributed by atoms with Crippen molar-refractivity contribution in [1.29, 1.82) is 0 Å². The van der Waals surface area contributed by atoms with Gasteiger partial charge in [0.15, 0.2) is 0 Å². The number of amides is 1. The lowest BCUT2D eigenvalue weighted by atomic mass is 10.2. The van der Waals surface area contributed by atoms with Crippen LogP contribution in [-0.2, 0) is 4.74 Å². The number of rotatable bonds is 7. The zero-order chi connectivity index (χ0) is 20.6. The largest absolute Gasteiger partial charge is 0.497 e. The van der Waals surface area contributed by atoms with E-state index in [0.717, 1.165) is 5.69 Å². The Bertz CT molecular complexity index is 986. The highest BCUT2D eigenvalue weighted by molar-refractivity contribution is 6.04. The number of anilines is 3. The van der Waals surface area contributed by atoms with Gasteiger partial charge in [-0.05, 0) is 67.6 Å². The molecule has 29 heavy (non-hydrogen) atoms. The van der Waals surface area contributed by atoms with Gasteiger partial charge in [-0.1, -0.05) is 0 Å². The van der Waals surface area contributed by atoms with Crippen molar-refractivity contribution >= 4 is 29.1 Å². The first-order valence-electron chi connectivity index (χ1n) is 9.04. The summed E-state index contributed by atoms with van der Waals surface area (Å²) in [6, 6.07) is 17.2. The third kappa shape index (κ3) is 5.32. The molecule has 2 aromatic carbocycles. The zero-order valence-electron chi connectivity index (χ0n) is 16.1. The van der Waals surface area contributed by atoms with Gasteiger partial charge < -0.3 is 20.1 Å². The minimum atomic E-state index is -0.366. The van der Waals surface area contributed by atoms with Crippen LogP contribution in [0.5, 0.6) is 5.75 Å². The van der Waals surface area contributed by atoms with Gasteiger partial charge in [0.05, 0.1) is 19.3 Å². The maximum absolute atomic E-state index is 12.5. The topological polar surface area (TPSA) is 89.5 Å². The number of nitrogens with one attached hydrogen (secondary N) is 2. The van der Waals surface area contributed by atoms with Crippen LogP contribution in [0.15, 0.2) is 66.9 Å². The van der Waals surface area contributed by atoms with E-state index >= 15 is 0 Å². The van der Waals surface area contributed by atoms with E-state index in [9.17, 15) is 9.59 Å². The fraction of sp³-hybridized carbons (Fsp3) is 0.136. The molecule has 1 amide bonds. The molecule has 3 rings (SSSR count). The molecule has 2 N–H and O–H groups in total. The van der Waals surface area contributed by atoms with Crippen molar-refractivity contribution in [3.63, 3.8) is 0 Å². The molecule has 0 saturated heterocycles. The molecular weight excluding hydrogens is 370 g/mol. The Morgan fingerprint density at radius 3 is 2.28 bits per heavy atom. The molecule has 148 valence electrons. The molecule has 0 atom stereocenters. The number of nitrogens with zero attached hydrogens (tertiary/aromatic N) is 1. The molecule has 1 heterocycles. The van der Waals surface area contributed by atoms with Crippen LogP contribution in [0.25, 0.3) is 0 Å². The highest BCUT2D eigenvalue weighted by Gasteiger charge is 2.09. The number of ether oxygens (including phenoxy) is 2. The first-order valence-corrected chi connectivity index (χ1v) is 9.04. The summed E-state index contributed by atoms with van der Waals surface area (Å²) in [5.74, 6) is 0.608. The second-order valence-corrected chi connectivity index (χ2v) is 6.04. The molecule has 0 aliphatic heterocycles. The second-order valence-electron chi connectivity index (χ2n) is 6.04. The highest BCUT2D eigenvalue weighted by atomic mass is 16.5. The van der Waals surface area contributed by atoms with Gasteiger partial charge in [0.25, 0.3) is 5.91 Å². The average Bonchev–Trinajstić information content (AvgIpc) is 2.75. The number of aromatic nitrogens is 1. The molecule has 0 fully saturated rings. The standard InChI is InChI=1S/C22H21N3O4/c1-3-29-22(27)15-4-6-17(7-5-15)24-20-14-16(12-13-23-20)21(26)25-18-8-10-19(28-2)11-9-18/h4-14H,3H2,1-2H3,(H,23,24)(H,25,26). The summed E-state index contributed by atoms with van der Waals surface area (Å²) in [4.78, 5) is 28.5. The Labute approximate surface area is 168 Å². The van der Waals surface area contributed by atoms with E-state index < -0.39 is 0 Å². The Morgan fingerprint density at radius 2 is 1.62 bits per heavy atom. The summed E-state index contributed by atoms with van der Waals surface area (Å²) in [5.41, 5.74) is 2.33. The summed E-state index contributed by atoms with van der Waals surface area (Å²) in [7, 11) is 1.59. The molecule has 0 aliphatic carbocycles. The zero-order valence-corrected chi connectivity index (χ0v) is 16.1. The third-order valence-corrected chi connectivity index (χ3v) is 4.04. The Hall–Kier alpha value is -3.87. The van der Waals surface area contributed by atoms with Gasteiger partial charge >= 0.3 is 5.97 Å². The smallest absolute Gasteiger partial charge is 0.338 e. The predicted molar refractivity (Wildman–Crippen MR) is 111 cm³/mol. The molecule has 3 aromatic rings. The average molecular weight is 391 g/mol. The van der Waals surface area contributed by atoms with Crippen molar-refractivity contribution in [2.24, 2.45) is 0 Å². The van der Waals surface area contributed by atoms with Crippen LogP contribution in [0.3, 0.4) is 0 Å². The maximum atomic E-state index is 12.5. The van der Waals surface area contributed by atoms with Gasteiger partial charge in [-0.3, -0.25) is 4.79 Å². The van der Waals surface area contributed by atoms with Crippen molar-refractivity contribution < 1.29 is 19.1 Å².